The highest BCUT2D eigenvalue weighted by molar-refractivity contribution is 6.09. The van der Waals surface area contributed by atoms with Crippen molar-refractivity contribution in [3.8, 4) is 0 Å². The lowest BCUT2D eigenvalue weighted by Gasteiger charge is -2.13. The van der Waals surface area contributed by atoms with Crippen LogP contribution in [0, 0.1) is 0 Å². The Hall–Kier alpha value is -1.37. The van der Waals surface area contributed by atoms with Crippen LogP contribution in [0.2, 0.25) is 0 Å². The molecule has 1 atom stereocenters. The summed E-state index contributed by atoms with van der Waals surface area (Å²) in [6.45, 7) is 6.61. The van der Waals surface area contributed by atoms with Gasteiger partial charge in [0.15, 0.2) is 0 Å². The second-order valence-electron chi connectivity index (χ2n) is 4.78. The predicted molar refractivity (Wildman–Crippen MR) is 70.3 cm³/mol. The third kappa shape index (κ3) is 2.41. The topological polar surface area (TPSA) is 12.4 Å². The van der Waals surface area contributed by atoms with Gasteiger partial charge in [-0.05, 0) is 42.5 Å². The zero-order chi connectivity index (χ0) is 11.5. The number of allylic oxidation sites excluding steroid dienone is 1. The third-order valence-corrected chi connectivity index (χ3v) is 2.96. The summed E-state index contributed by atoms with van der Waals surface area (Å²) in [5.74, 6) is 0.575. The molecule has 0 aliphatic carbocycles. The number of hydrogen-bond donors (Lipinski definition) is 0. The van der Waals surface area contributed by atoms with Crippen LogP contribution < -0.4 is 0 Å². The van der Waals surface area contributed by atoms with Crippen molar-refractivity contribution in [1.29, 1.82) is 0 Å². The van der Waals surface area contributed by atoms with Gasteiger partial charge in [-0.3, -0.25) is 4.99 Å². The molecule has 1 aromatic carbocycles. The van der Waals surface area contributed by atoms with Crippen molar-refractivity contribution in [1.82, 2.24) is 0 Å². The van der Waals surface area contributed by atoms with Crippen molar-refractivity contribution in [2.45, 2.75) is 39.2 Å². The molecule has 1 aromatic rings. The molecule has 1 heterocycles. The van der Waals surface area contributed by atoms with E-state index in [-0.39, 0.29) is 0 Å². The molecule has 1 nitrogen and oxygen atoms in total. The molecule has 0 fully saturated rings. The minimum Gasteiger partial charge on any atom is -0.281 e. The van der Waals surface area contributed by atoms with Crippen LogP contribution in [-0.4, -0.2) is 11.8 Å². The van der Waals surface area contributed by atoms with Gasteiger partial charge >= 0.3 is 0 Å². The molecular weight excluding hydrogens is 194 g/mol. The third-order valence-electron chi connectivity index (χ3n) is 2.96. The fourth-order valence-corrected chi connectivity index (χ4v) is 1.94. The molecule has 1 aliphatic rings. The molecule has 0 N–H and O–H groups in total. The zero-order valence-corrected chi connectivity index (χ0v) is 10.3. The highest BCUT2D eigenvalue weighted by atomic mass is 14.8. The van der Waals surface area contributed by atoms with Gasteiger partial charge in [-0.1, -0.05) is 38.1 Å². The van der Waals surface area contributed by atoms with E-state index < -0.39 is 0 Å². The molecule has 0 saturated carbocycles. The van der Waals surface area contributed by atoms with Gasteiger partial charge in [0.1, 0.15) is 0 Å². The van der Waals surface area contributed by atoms with Crippen LogP contribution in [0.1, 0.15) is 44.2 Å². The Morgan fingerprint density at radius 3 is 2.81 bits per heavy atom. The Bertz CT molecular complexity index is 427. The Morgan fingerprint density at radius 2 is 2.12 bits per heavy atom. The normalized spacial score (nSPS) is 20.0. The summed E-state index contributed by atoms with van der Waals surface area (Å²) in [6.07, 6.45) is 5.42. The zero-order valence-electron chi connectivity index (χ0n) is 10.3. The lowest BCUT2D eigenvalue weighted by atomic mass is 9.97. The largest absolute Gasteiger partial charge is 0.281 e. The van der Waals surface area contributed by atoms with Gasteiger partial charge in [0.2, 0.25) is 0 Å². The number of benzene rings is 1. The summed E-state index contributed by atoms with van der Waals surface area (Å²) in [5, 5.41) is 0. The summed E-state index contributed by atoms with van der Waals surface area (Å²) >= 11 is 0. The van der Waals surface area contributed by atoms with Gasteiger partial charge in [-0.2, -0.15) is 0 Å². The number of hydrogen-bond acceptors (Lipinski definition) is 1. The van der Waals surface area contributed by atoms with Crippen LogP contribution in [0.4, 0.5) is 0 Å². The summed E-state index contributed by atoms with van der Waals surface area (Å²) in [6, 6.07) is 9.13. The Morgan fingerprint density at radius 1 is 1.31 bits per heavy atom. The van der Waals surface area contributed by atoms with E-state index in [0.29, 0.717) is 12.0 Å². The quantitative estimate of drug-likeness (QED) is 0.705. The van der Waals surface area contributed by atoms with E-state index in [1.165, 1.54) is 11.1 Å². The van der Waals surface area contributed by atoms with E-state index in [1.807, 2.05) is 0 Å². The van der Waals surface area contributed by atoms with E-state index in [1.54, 1.807) is 0 Å². The number of rotatable bonds is 2. The molecule has 0 saturated heterocycles. The van der Waals surface area contributed by atoms with E-state index >= 15 is 0 Å². The first kappa shape index (κ1) is 11.1. The predicted octanol–water partition coefficient (Wildman–Crippen LogP) is 3.95. The fourth-order valence-electron chi connectivity index (χ4n) is 1.94. The molecular formula is C15H19N. The van der Waals surface area contributed by atoms with Crippen LogP contribution >= 0.6 is 0 Å². The molecule has 0 aromatic heterocycles. The lowest BCUT2D eigenvalue weighted by Crippen LogP contribution is -2.09. The first-order valence-corrected chi connectivity index (χ1v) is 6.01. The average Bonchev–Trinajstić information content (AvgIpc) is 2.29. The maximum atomic E-state index is 4.68. The molecule has 1 aliphatic heterocycles. The molecule has 0 amide bonds. The van der Waals surface area contributed by atoms with Gasteiger partial charge in [0.05, 0.1) is 11.8 Å². The van der Waals surface area contributed by atoms with Gasteiger partial charge in [0, 0.05) is 0 Å². The second kappa shape index (κ2) is 4.65. The van der Waals surface area contributed by atoms with Crippen LogP contribution in [0.5, 0.6) is 0 Å². The number of aliphatic imine (C=N–C) groups is 1. The van der Waals surface area contributed by atoms with E-state index in [4.69, 9.17) is 0 Å². The summed E-state index contributed by atoms with van der Waals surface area (Å²) in [4.78, 5) is 4.68. The minimum atomic E-state index is 0.419. The molecule has 0 radical (unpaired) electrons. The molecule has 0 spiro atoms. The van der Waals surface area contributed by atoms with E-state index in [2.05, 4.69) is 62.2 Å². The minimum absolute atomic E-state index is 0.419. The maximum absolute atomic E-state index is 4.68. The van der Waals surface area contributed by atoms with Gasteiger partial charge in [-0.15, -0.1) is 0 Å². The summed E-state index contributed by atoms with van der Waals surface area (Å²) in [5.41, 5.74) is 3.75. The standard InChI is InChI=1S/C15H19N/c1-11(2)13-7-5-8-14(10-13)15-9-4-6-12(3)16-15/h4-5,7-12H,6H2,1-3H3. The van der Waals surface area contributed by atoms with Gasteiger partial charge in [-0.25, -0.2) is 0 Å². The average molecular weight is 213 g/mol. The maximum Gasteiger partial charge on any atom is 0.0646 e. The van der Waals surface area contributed by atoms with E-state index in [9.17, 15) is 0 Å². The van der Waals surface area contributed by atoms with Crippen molar-refractivity contribution < 1.29 is 0 Å². The van der Waals surface area contributed by atoms with Crippen LogP contribution in [0.15, 0.2) is 41.4 Å². The van der Waals surface area contributed by atoms with Gasteiger partial charge in [0.25, 0.3) is 0 Å². The first-order valence-electron chi connectivity index (χ1n) is 6.01. The van der Waals surface area contributed by atoms with Gasteiger partial charge < -0.3 is 0 Å². The van der Waals surface area contributed by atoms with Crippen LogP contribution in [-0.2, 0) is 0 Å². The Balaban J connectivity index is 2.33. The number of nitrogens with zero attached hydrogens (tertiary/aromatic N) is 1. The van der Waals surface area contributed by atoms with Crippen molar-refractivity contribution in [2.75, 3.05) is 0 Å². The van der Waals surface area contributed by atoms with Crippen LogP contribution in [0.25, 0.3) is 0 Å². The molecule has 0 bridgehead atoms. The molecule has 1 unspecified atom stereocenters. The second-order valence-corrected chi connectivity index (χ2v) is 4.78. The van der Waals surface area contributed by atoms with Crippen molar-refractivity contribution >= 4 is 5.71 Å². The SMILES string of the molecule is CC1CC=CC(c2cccc(C(C)C)c2)=N1. The molecule has 1 heteroatoms. The first-order chi connectivity index (χ1) is 7.66. The van der Waals surface area contributed by atoms with E-state index in [0.717, 1.165) is 12.1 Å². The molecule has 16 heavy (non-hydrogen) atoms. The molecule has 84 valence electrons. The summed E-state index contributed by atoms with van der Waals surface area (Å²) < 4.78 is 0. The number of dihydropyridines is 1. The lowest BCUT2D eigenvalue weighted by molar-refractivity contribution is 0.753. The van der Waals surface area contributed by atoms with Crippen LogP contribution in [0.3, 0.4) is 0 Å². The van der Waals surface area contributed by atoms with Crippen molar-refractivity contribution in [3.05, 3.63) is 47.5 Å². The highest BCUT2D eigenvalue weighted by Crippen LogP contribution is 2.18. The van der Waals surface area contributed by atoms with Crippen molar-refractivity contribution in [2.24, 2.45) is 4.99 Å². The Labute approximate surface area is 97.9 Å². The Kier molecular flexibility index (Phi) is 3.23. The monoisotopic (exact) mass is 213 g/mol. The highest BCUT2D eigenvalue weighted by Gasteiger charge is 2.08. The smallest absolute Gasteiger partial charge is 0.0646 e. The summed E-state index contributed by atoms with van der Waals surface area (Å²) in [7, 11) is 0. The van der Waals surface area contributed by atoms with Crippen molar-refractivity contribution in [3.63, 3.8) is 0 Å². The molecule has 2 rings (SSSR count). The fraction of sp³-hybridized carbons (Fsp3) is 0.400.